The molecule has 0 saturated carbocycles. The van der Waals surface area contributed by atoms with E-state index in [1.165, 1.54) is 103 Å². The van der Waals surface area contributed by atoms with Crippen LogP contribution in [-0.4, -0.2) is 25.7 Å². The predicted molar refractivity (Wildman–Crippen MR) is 102 cm³/mol. The first-order chi connectivity index (χ1) is 10.8. The van der Waals surface area contributed by atoms with Gasteiger partial charge in [0.2, 0.25) is 0 Å². The molecule has 0 heterocycles. The zero-order valence-corrected chi connectivity index (χ0v) is 15.9. The quantitative estimate of drug-likeness (QED) is 0.319. The van der Waals surface area contributed by atoms with Crippen LogP contribution in [0.1, 0.15) is 104 Å². The van der Waals surface area contributed by atoms with E-state index in [1.54, 1.807) is 0 Å². The molecule has 0 aromatic carbocycles. The molecule has 1 atom stereocenters. The van der Waals surface area contributed by atoms with Crippen LogP contribution in [0.25, 0.3) is 0 Å². The molecule has 0 fully saturated rings. The third-order valence-electron chi connectivity index (χ3n) is 4.48. The predicted octanol–water partition coefficient (Wildman–Crippen LogP) is 5.67. The summed E-state index contributed by atoms with van der Waals surface area (Å²) in [6, 6.07) is 0.660. The highest BCUT2D eigenvalue weighted by Crippen LogP contribution is 2.05. The molecule has 0 aliphatic carbocycles. The molecular formula is C20H44N2. The summed E-state index contributed by atoms with van der Waals surface area (Å²) in [4.78, 5) is 0. The third-order valence-corrected chi connectivity index (χ3v) is 4.48. The Morgan fingerprint density at radius 1 is 0.591 bits per heavy atom. The second-order valence-electron chi connectivity index (χ2n) is 6.93. The van der Waals surface area contributed by atoms with Gasteiger partial charge in [0.1, 0.15) is 0 Å². The number of hydrogen-bond donors (Lipinski definition) is 2. The van der Waals surface area contributed by atoms with Crippen LogP contribution in [0.4, 0.5) is 0 Å². The van der Waals surface area contributed by atoms with Gasteiger partial charge in [-0.25, -0.2) is 0 Å². The summed E-state index contributed by atoms with van der Waals surface area (Å²) in [5, 5.41) is 7.25. The first-order valence-corrected chi connectivity index (χ1v) is 10.2. The molecule has 0 amide bonds. The van der Waals surface area contributed by atoms with Gasteiger partial charge in [0.05, 0.1) is 0 Å². The Morgan fingerprint density at radius 3 is 1.68 bits per heavy atom. The summed E-state index contributed by atoms with van der Waals surface area (Å²) in [6.45, 7) is 10.5. The van der Waals surface area contributed by atoms with Gasteiger partial charge in [-0.3, -0.25) is 0 Å². The van der Waals surface area contributed by atoms with Crippen LogP contribution in [0.2, 0.25) is 0 Å². The Morgan fingerprint density at radius 2 is 1.09 bits per heavy atom. The smallest absolute Gasteiger partial charge is 0.00508 e. The Kier molecular flexibility index (Phi) is 18.9. The van der Waals surface area contributed by atoms with Crippen LogP contribution in [0, 0.1) is 0 Å². The molecular weight excluding hydrogens is 268 g/mol. The molecule has 2 heteroatoms. The average molecular weight is 313 g/mol. The highest BCUT2D eigenvalue weighted by Gasteiger charge is 2.00. The fraction of sp³-hybridized carbons (Fsp3) is 1.00. The van der Waals surface area contributed by atoms with Gasteiger partial charge < -0.3 is 10.6 Å². The van der Waals surface area contributed by atoms with Gasteiger partial charge in [-0.1, -0.05) is 78.1 Å². The van der Waals surface area contributed by atoms with Crippen molar-refractivity contribution >= 4 is 0 Å². The van der Waals surface area contributed by atoms with E-state index >= 15 is 0 Å². The van der Waals surface area contributed by atoms with Gasteiger partial charge in [-0.05, 0) is 45.8 Å². The molecule has 0 saturated heterocycles. The van der Waals surface area contributed by atoms with Crippen molar-refractivity contribution in [1.29, 1.82) is 0 Å². The van der Waals surface area contributed by atoms with Crippen molar-refractivity contribution in [3.63, 3.8) is 0 Å². The fourth-order valence-electron chi connectivity index (χ4n) is 2.83. The van der Waals surface area contributed by atoms with Gasteiger partial charge in [-0.15, -0.1) is 0 Å². The van der Waals surface area contributed by atoms with Gasteiger partial charge in [0.15, 0.2) is 0 Å². The molecule has 0 radical (unpaired) electrons. The largest absolute Gasteiger partial charge is 0.317 e. The lowest BCUT2D eigenvalue weighted by molar-refractivity contribution is 0.472. The van der Waals surface area contributed by atoms with E-state index in [1.807, 2.05) is 0 Å². The molecule has 0 aliphatic rings. The van der Waals surface area contributed by atoms with Crippen LogP contribution < -0.4 is 10.6 Å². The van der Waals surface area contributed by atoms with Gasteiger partial charge in [0, 0.05) is 6.04 Å². The van der Waals surface area contributed by atoms with Crippen molar-refractivity contribution in [3.8, 4) is 0 Å². The highest BCUT2D eigenvalue weighted by atomic mass is 14.9. The zero-order valence-electron chi connectivity index (χ0n) is 15.9. The van der Waals surface area contributed by atoms with Crippen molar-refractivity contribution < 1.29 is 0 Å². The van der Waals surface area contributed by atoms with Gasteiger partial charge in [-0.2, -0.15) is 0 Å². The first-order valence-electron chi connectivity index (χ1n) is 10.2. The first kappa shape index (κ1) is 21.9. The minimum absolute atomic E-state index is 0.660. The molecule has 0 aliphatic heterocycles. The molecule has 0 bridgehead atoms. The van der Waals surface area contributed by atoms with Gasteiger partial charge in [0.25, 0.3) is 0 Å². The van der Waals surface area contributed by atoms with Crippen molar-refractivity contribution in [2.24, 2.45) is 0 Å². The molecule has 22 heavy (non-hydrogen) atoms. The molecule has 0 spiro atoms. The maximum atomic E-state index is 3.66. The van der Waals surface area contributed by atoms with Crippen LogP contribution in [0.3, 0.4) is 0 Å². The van der Waals surface area contributed by atoms with E-state index in [2.05, 4.69) is 31.4 Å². The monoisotopic (exact) mass is 312 g/mol. The molecule has 0 aromatic rings. The van der Waals surface area contributed by atoms with E-state index in [4.69, 9.17) is 0 Å². The summed E-state index contributed by atoms with van der Waals surface area (Å²) >= 11 is 0. The van der Waals surface area contributed by atoms with Crippen LogP contribution >= 0.6 is 0 Å². The Balaban J connectivity index is 3.11. The second-order valence-corrected chi connectivity index (χ2v) is 6.93. The lowest BCUT2D eigenvalue weighted by atomic mass is 10.1. The number of nitrogens with one attached hydrogen (secondary N) is 2. The van der Waals surface area contributed by atoms with Crippen molar-refractivity contribution in [1.82, 2.24) is 10.6 Å². The van der Waals surface area contributed by atoms with E-state index < -0.39 is 0 Å². The summed E-state index contributed by atoms with van der Waals surface area (Å²) in [5.74, 6) is 0. The Bertz CT molecular complexity index is 194. The molecule has 2 N–H and O–H groups in total. The van der Waals surface area contributed by atoms with Crippen LogP contribution in [0.5, 0.6) is 0 Å². The number of hydrogen-bond acceptors (Lipinski definition) is 2. The van der Waals surface area contributed by atoms with Crippen LogP contribution in [0.15, 0.2) is 0 Å². The lowest BCUT2D eigenvalue weighted by Crippen LogP contribution is -2.31. The molecule has 1 unspecified atom stereocenters. The highest BCUT2D eigenvalue weighted by molar-refractivity contribution is 4.62. The second kappa shape index (κ2) is 19.0. The van der Waals surface area contributed by atoms with Crippen molar-refractivity contribution in [2.75, 3.05) is 19.6 Å². The molecule has 0 aromatic heterocycles. The fourth-order valence-corrected chi connectivity index (χ4v) is 2.83. The summed E-state index contributed by atoms with van der Waals surface area (Å²) < 4.78 is 0. The minimum Gasteiger partial charge on any atom is -0.317 e. The van der Waals surface area contributed by atoms with Crippen LogP contribution in [-0.2, 0) is 0 Å². The number of rotatable bonds is 18. The van der Waals surface area contributed by atoms with Gasteiger partial charge >= 0.3 is 0 Å². The number of unbranched alkanes of at least 4 members (excludes halogenated alkanes) is 10. The van der Waals surface area contributed by atoms with E-state index in [0.29, 0.717) is 6.04 Å². The summed E-state index contributed by atoms with van der Waals surface area (Å²) in [5.41, 5.74) is 0. The normalized spacial score (nSPS) is 12.7. The lowest BCUT2D eigenvalue weighted by Gasteiger charge is -2.14. The minimum atomic E-state index is 0.660. The maximum absolute atomic E-state index is 3.66. The van der Waals surface area contributed by atoms with Crippen molar-refractivity contribution in [3.05, 3.63) is 0 Å². The maximum Gasteiger partial charge on any atom is 0.00508 e. The topological polar surface area (TPSA) is 24.1 Å². The molecule has 0 rings (SSSR count). The van der Waals surface area contributed by atoms with E-state index in [0.717, 1.165) is 0 Å². The Labute approximate surface area is 141 Å². The van der Waals surface area contributed by atoms with E-state index in [9.17, 15) is 0 Å². The Hall–Kier alpha value is -0.0800. The molecule has 2 nitrogen and oxygen atoms in total. The van der Waals surface area contributed by atoms with Crippen molar-refractivity contribution in [2.45, 2.75) is 110 Å². The van der Waals surface area contributed by atoms with E-state index in [-0.39, 0.29) is 0 Å². The summed E-state index contributed by atoms with van der Waals surface area (Å²) in [7, 11) is 0. The SMILES string of the molecule is CCCCCCCCNCCC(C)NCCCCCCCC. The zero-order chi connectivity index (χ0) is 16.3. The molecule has 134 valence electrons. The standard InChI is InChI=1S/C20H44N2/c1-4-6-8-10-12-14-17-21-19-16-20(3)22-18-15-13-11-9-7-5-2/h20-22H,4-19H2,1-3H3. The average Bonchev–Trinajstić information content (AvgIpc) is 2.52. The third kappa shape index (κ3) is 18.0. The summed E-state index contributed by atoms with van der Waals surface area (Å²) in [6.07, 6.45) is 18.0.